The van der Waals surface area contributed by atoms with Crippen LogP contribution in [0.1, 0.15) is 21.6 Å². The molecule has 2 aromatic heterocycles. The maximum atomic E-state index is 11.8. The van der Waals surface area contributed by atoms with Crippen molar-refractivity contribution >= 4 is 11.3 Å². The maximum absolute atomic E-state index is 11.8. The van der Waals surface area contributed by atoms with Gasteiger partial charge in [0.2, 0.25) is 0 Å². The summed E-state index contributed by atoms with van der Waals surface area (Å²) >= 11 is 0. The van der Waals surface area contributed by atoms with E-state index in [9.17, 15) is 4.79 Å². The fourth-order valence-electron chi connectivity index (χ4n) is 3.41. The first-order valence-corrected chi connectivity index (χ1v) is 10.0. The summed E-state index contributed by atoms with van der Waals surface area (Å²) in [4.78, 5) is 11.8. The topological polar surface area (TPSA) is 21.5 Å². The summed E-state index contributed by atoms with van der Waals surface area (Å²) in [6.45, 7) is 2.13. The second-order valence-electron chi connectivity index (χ2n) is 7.12. The van der Waals surface area contributed by atoms with Crippen LogP contribution in [0.4, 0.5) is 0 Å². The van der Waals surface area contributed by atoms with Crippen LogP contribution in [0, 0.1) is 6.92 Å². The van der Waals surface area contributed by atoms with E-state index >= 15 is 0 Å². The van der Waals surface area contributed by atoms with Crippen LogP contribution in [0.3, 0.4) is 0 Å². The summed E-state index contributed by atoms with van der Waals surface area (Å²) in [5, 5.41) is 0. The minimum Gasteiger partial charge on any atom is -0.321 e. The van der Waals surface area contributed by atoms with E-state index < -0.39 is 0 Å². The summed E-state index contributed by atoms with van der Waals surface area (Å²) in [7, 11) is 0. The van der Waals surface area contributed by atoms with Crippen molar-refractivity contribution in [2.24, 2.45) is 0 Å². The van der Waals surface area contributed by atoms with Gasteiger partial charge in [-0.25, -0.2) is 0 Å². The van der Waals surface area contributed by atoms with Gasteiger partial charge in [-0.15, -0.1) is 0 Å². The van der Waals surface area contributed by atoms with E-state index in [1.807, 2.05) is 66.7 Å². The van der Waals surface area contributed by atoms with Crippen molar-refractivity contribution < 1.29 is 4.79 Å². The number of aromatic nitrogens is 1. The highest BCUT2D eigenvalue weighted by atomic mass is 16.1. The number of hydrogen-bond donors (Lipinski definition) is 0. The van der Waals surface area contributed by atoms with Gasteiger partial charge in [-0.2, -0.15) is 0 Å². The first-order valence-electron chi connectivity index (χ1n) is 10.0. The molecule has 0 atom stereocenters. The number of ketones is 1. The van der Waals surface area contributed by atoms with Gasteiger partial charge in [0.05, 0.1) is 0 Å². The van der Waals surface area contributed by atoms with E-state index in [1.165, 1.54) is 22.3 Å². The van der Waals surface area contributed by atoms with Gasteiger partial charge < -0.3 is 4.40 Å². The summed E-state index contributed by atoms with van der Waals surface area (Å²) in [6, 6.07) is 37.7. The Morgan fingerprint density at radius 1 is 0.600 bits per heavy atom. The molecule has 2 heterocycles. The number of carbonyl (C=O) groups excluding carboxylic acids is 1. The molecular formula is C28H23NO. The second kappa shape index (κ2) is 9.06. The van der Waals surface area contributed by atoms with Crippen LogP contribution in [0.5, 0.6) is 0 Å². The van der Waals surface area contributed by atoms with Crippen LogP contribution < -0.4 is 0 Å². The molecule has 0 bridgehead atoms. The number of nitrogens with zero attached hydrogens (tertiary/aromatic N) is 1. The Kier molecular flexibility index (Phi) is 5.86. The third-order valence-corrected chi connectivity index (χ3v) is 5.01. The van der Waals surface area contributed by atoms with Crippen molar-refractivity contribution in [3.8, 4) is 11.1 Å². The molecule has 0 radical (unpaired) electrons. The molecule has 0 aliphatic carbocycles. The minimum atomic E-state index is 0.0752. The summed E-state index contributed by atoms with van der Waals surface area (Å²) in [6.07, 6.45) is 2.19. The Bertz CT molecular complexity index is 1200. The molecule has 5 rings (SSSR count). The van der Waals surface area contributed by atoms with Gasteiger partial charge >= 0.3 is 0 Å². The Hall–Kier alpha value is -3.91. The fraction of sp³-hybridized carbons (Fsp3) is 0.0357. The molecule has 0 fully saturated rings. The molecule has 0 saturated heterocycles. The standard InChI is InChI=1S/C15H13N.C13H10O/c1-12-6-5-9-15-10-14(11-16(12)15)13-7-3-2-4-8-13;14-13(11-7-3-1-4-8-11)12-9-5-2-6-10-12/h2-11H,1H3;1-10H. The fourth-order valence-corrected chi connectivity index (χ4v) is 3.41. The number of carbonyl (C=O) groups is 1. The van der Waals surface area contributed by atoms with Gasteiger partial charge in [0.25, 0.3) is 0 Å². The van der Waals surface area contributed by atoms with E-state index in [1.54, 1.807) is 0 Å². The Balaban J connectivity index is 0.000000147. The number of hydrogen-bond acceptors (Lipinski definition) is 1. The highest BCUT2D eigenvalue weighted by Gasteiger charge is 2.06. The second-order valence-corrected chi connectivity index (χ2v) is 7.12. The highest BCUT2D eigenvalue weighted by Crippen LogP contribution is 2.23. The van der Waals surface area contributed by atoms with Crippen LogP contribution in [0.2, 0.25) is 0 Å². The lowest BCUT2D eigenvalue weighted by atomic mass is 10.0. The van der Waals surface area contributed by atoms with E-state index in [0.717, 1.165) is 11.1 Å². The molecule has 0 unspecified atom stereocenters. The summed E-state index contributed by atoms with van der Waals surface area (Å²) in [5.41, 5.74) is 6.52. The number of fused-ring (bicyclic) bond motifs is 1. The van der Waals surface area contributed by atoms with E-state index in [0.29, 0.717) is 0 Å². The van der Waals surface area contributed by atoms with Crippen molar-refractivity contribution in [1.82, 2.24) is 4.40 Å². The third kappa shape index (κ3) is 4.39. The lowest BCUT2D eigenvalue weighted by Gasteiger charge is -1.99. The number of aryl methyl sites for hydroxylation is 1. The van der Waals surface area contributed by atoms with Gasteiger partial charge in [-0.3, -0.25) is 4.79 Å². The third-order valence-electron chi connectivity index (χ3n) is 5.01. The molecule has 0 amide bonds. The summed E-state index contributed by atoms with van der Waals surface area (Å²) < 4.78 is 2.22. The molecule has 0 N–H and O–H groups in total. The largest absolute Gasteiger partial charge is 0.321 e. The molecule has 3 aromatic carbocycles. The molecule has 0 aliphatic heterocycles. The highest BCUT2D eigenvalue weighted by molar-refractivity contribution is 6.08. The molecule has 30 heavy (non-hydrogen) atoms. The zero-order valence-electron chi connectivity index (χ0n) is 16.9. The van der Waals surface area contributed by atoms with Gasteiger partial charge in [0, 0.05) is 34.1 Å². The van der Waals surface area contributed by atoms with Crippen molar-refractivity contribution in [3.05, 3.63) is 138 Å². The van der Waals surface area contributed by atoms with Crippen LogP contribution in [-0.2, 0) is 0 Å². The van der Waals surface area contributed by atoms with E-state index in [2.05, 4.69) is 66.1 Å². The Morgan fingerprint density at radius 2 is 1.13 bits per heavy atom. The molecule has 5 aromatic rings. The zero-order chi connectivity index (χ0) is 20.8. The van der Waals surface area contributed by atoms with E-state index in [-0.39, 0.29) is 5.78 Å². The SMILES string of the molecule is Cc1cccc2cc(-c3ccccc3)cn12.O=C(c1ccccc1)c1ccccc1. The lowest BCUT2D eigenvalue weighted by Crippen LogP contribution is -1.99. The smallest absolute Gasteiger partial charge is 0.193 e. The predicted molar refractivity (Wildman–Crippen MR) is 124 cm³/mol. The minimum absolute atomic E-state index is 0.0752. The molecule has 2 heteroatoms. The average Bonchev–Trinajstić information content (AvgIpc) is 3.27. The van der Waals surface area contributed by atoms with Gasteiger partial charge in [0.15, 0.2) is 5.78 Å². The molecule has 146 valence electrons. The van der Waals surface area contributed by atoms with Crippen LogP contribution in [0.15, 0.2) is 121 Å². The van der Waals surface area contributed by atoms with Crippen molar-refractivity contribution in [1.29, 1.82) is 0 Å². The van der Waals surface area contributed by atoms with Crippen molar-refractivity contribution in [2.45, 2.75) is 6.92 Å². The van der Waals surface area contributed by atoms with Crippen LogP contribution in [0.25, 0.3) is 16.6 Å². The van der Waals surface area contributed by atoms with Gasteiger partial charge in [-0.05, 0) is 30.7 Å². The molecule has 0 spiro atoms. The molecule has 2 nitrogen and oxygen atoms in total. The van der Waals surface area contributed by atoms with Gasteiger partial charge in [-0.1, -0.05) is 97.1 Å². The van der Waals surface area contributed by atoms with Crippen molar-refractivity contribution in [2.75, 3.05) is 0 Å². The molecule has 0 aliphatic rings. The molecular weight excluding hydrogens is 366 g/mol. The lowest BCUT2D eigenvalue weighted by molar-refractivity contribution is 0.103. The predicted octanol–water partition coefficient (Wildman–Crippen LogP) is 6.83. The maximum Gasteiger partial charge on any atom is 0.193 e. The quantitative estimate of drug-likeness (QED) is 0.310. The van der Waals surface area contributed by atoms with Crippen LogP contribution >= 0.6 is 0 Å². The Morgan fingerprint density at radius 3 is 1.67 bits per heavy atom. The monoisotopic (exact) mass is 389 g/mol. The first kappa shape index (κ1) is 19.4. The zero-order valence-corrected chi connectivity index (χ0v) is 16.9. The molecule has 0 saturated carbocycles. The van der Waals surface area contributed by atoms with E-state index in [4.69, 9.17) is 0 Å². The van der Waals surface area contributed by atoms with Crippen LogP contribution in [-0.4, -0.2) is 10.2 Å². The number of benzene rings is 3. The first-order chi connectivity index (χ1) is 14.7. The Labute approximate surface area is 177 Å². The normalized spacial score (nSPS) is 10.3. The number of pyridine rings is 1. The van der Waals surface area contributed by atoms with Crippen molar-refractivity contribution in [3.63, 3.8) is 0 Å². The average molecular weight is 389 g/mol. The number of rotatable bonds is 3. The summed E-state index contributed by atoms with van der Waals surface area (Å²) in [5.74, 6) is 0.0752. The van der Waals surface area contributed by atoms with Gasteiger partial charge in [0.1, 0.15) is 0 Å².